The Morgan fingerprint density at radius 3 is 2.44 bits per heavy atom. The summed E-state index contributed by atoms with van der Waals surface area (Å²) in [5.74, 6) is 0.954. The number of hydrogen-bond donors (Lipinski definition) is 1. The topological polar surface area (TPSA) is 12.0 Å². The molecule has 1 aromatic rings. The van der Waals surface area contributed by atoms with Crippen molar-refractivity contribution in [1.29, 1.82) is 0 Å². The van der Waals surface area contributed by atoms with Crippen molar-refractivity contribution in [2.45, 2.75) is 33.2 Å². The molecule has 0 spiro atoms. The van der Waals surface area contributed by atoms with Gasteiger partial charge in [-0.3, -0.25) is 0 Å². The molecule has 16 heavy (non-hydrogen) atoms. The lowest BCUT2D eigenvalue weighted by Crippen LogP contribution is -2.37. The van der Waals surface area contributed by atoms with Gasteiger partial charge in [0.05, 0.1) is 0 Å². The lowest BCUT2D eigenvalue weighted by molar-refractivity contribution is 0.314. The van der Waals surface area contributed by atoms with Crippen LogP contribution in [0.15, 0.2) is 24.3 Å². The number of rotatable bonds is 5. The SMILES string of the molecule is CNC(C(C)C)C(C)Cc1cccc(F)c1. The number of nitrogens with one attached hydrogen (secondary N) is 1. The Hall–Kier alpha value is -0.890. The van der Waals surface area contributed by atoms with Crippen molar-refractivity contribution in [3.63, 3.8) is 0 Å². The molecule has 0 saturated heterocycles. The van der Waals surface area contributed by atoms with Crippen molar-refractivity contribution in [2.24, 2.45) is 11.8 Å². The smallest absolute Gasteiger partial charge is 0.123 e. The molecule has 0 saturated carbocycles. The molecule has 0 bridgehead atoms. The van der Waals surface area contributed by atoms with Crippen molar-refractivity contribution >= 4 is 0 Å². The first-order valence-electron chi connectivity index (χ1n) is 5.96. The van der Waals surface area contributed by atoms with Crippen molar-refractivity contribution in [2.75, 3.05) is 7.05 Å². The molecule has 0 aliphatic rings. The van der Waals surface area contributed by atoms with Crippen LogP contribution in [0.2, 0.25) is 0 Å². The van der Waals surface area contributed by atoms with Gasteiger partial charge in [-0.2, -0.15) is 0 Å². The van der Waals surface area contributed by atoms with E-state index in [1.165, 1.54) is 6.07 Å². The van der Waals surface area contributed by atoms with E-state index < -0.39 is 0 Å². The molecule has 2 unspecified atom stereocenters. The Morgan fingerprint density at radius 1 is 1.25 bits per heavy atom. The highest BCUT2D eigenvalue weighted by Gasteiger charge is 2.19. The van der Waals surface area contributed by atoms with Crippen LogP contribution in [0.1, 0.15) is 26.3 Å². The average Bonchev–Trinajstić information content (AvgIpc) is 2.17. The predicted molar refractivity (Wildman–Crippen MR) is 67.0 cm³/mol. The Bertz CT molecular complexity index is 322. The largest absolute Gasteiger partial charge is 0.316 e. The van der Waals surface area contributed by atoms with Gasteiger partial charge in [0.2, 0.25) is 0 Å². The molecule has 1 N–H and O–H groups in total. The third kappa shape index (κ3) is 3.60. The van der Waals surface area contributed by atoms with E-state index in [-0.39, 0.29) is 5.82 Å². The molecular weight excluding hydrogens is 201 g/mol. The van der Waals surface area contributed by atoms with Gasteiger partial charge in [0.1, 0.15) is 5.82 Å². The van der Waals surface area contributed by atoms with E-state index in [2.05, 4.69) is 26.1 Å². The molecule has 2 heteroatoms. The van der Waals surface area contributed by atoms with Crippen molar-refractivity contribution in [3.8, 4) is 0 Å². The van der Waals surface area contributed by atoms with Gasteiger partial charge in [-0.1, -0.05) is 32.9 Å². The minimum absolute atomic E-state index is 0.143. The van der Waals surface area contributed by atoms with Crippen LogP contribution < -0.4 is 5.32 Å². The molecule has 0 fully saturated rings. The highest BCUT2D eigenvalue weighted by molar-refractivity contribution is 5.17. The van der Waals surface area contributed by atoms with E-state index in [0.29, 0.717) is 17.9 Å². The molecule has 0 amide bonds. The van der Waals surface area contributed by atoms with Gasteiger partial charge >= 0.3 is 0 Å². The fourth-order valence-electron chi connectivity index (χ4n) is 2.44. The predicted octanol–water partition coefficient (Wildman–Crippen LogP) is 3.25. The molecule has 2 atom stereocenters. The van der Waals surface area contributed by atoms with Crippen molar-refractivity contribution in [1.82, 2.24) is 5.32 Å². The summed E-state index contributed by atoms with van der Waals surface area (Å²) in [6.45, 7) is 6.64. The van der Waals surface area contributed by atoms with Gasteiger partial charge in [-0.15, -0.1) is 0 Å². The van der Waals surface area contributed by atoms with Crippen LogP contribution in [-0.2, 0) is 6.42 Å². The van der Waals surface area contributed by atoms with Crippen LogP contribution in [0.4, 0.5) is 4.39 Å². The van der Waals surface area contributed by atoms with E-state index in [0.717, 1.165) is 12.0 Å². The summed E-state index contributed by atoms with van der Waals surface area (Å²) in [5.41, 5.74) is 1.08. The Morgan fingerprint density at radius 2 is 1.94 bits per heavy atom. The molecular formula is C14H22FN. The summed E-state index contributed by atoms with van der Waals surface area (Å²) in [7, 11) is 1.99. The molecule has 0 aromatic heterocycles. The van der Waals surface area contributed by atoms with E-state index >= 15 is 0 Å². The van der Waals surface area contributed by atoms with E-state index in [1.54, 1.807) is 12.1 Å². The zero-order chi connectivity index (χ0) is 12.1. The molecule has 90 valence electrons. The Kier molecular flexibility index (Phi) is 4.94. The first-order valence-corrected chi connectivity index (χ1v) is 5.96. The standard InChI is InChI=1S/C14H22FN/c1-10(2)14(16-4)11(3)8-12-6-5-7-13(15)9-12/h5-7,9-11,14,16H,8H2,1-4H3. The van der Waals surface area contributed by atoms with Gasteiger partial charge in [0.25, 0.3) is 0 Å². The highest BCUT2D eigenvalue weighted by atomic mass is 19.1. The average molecular weight is 223 g/mol. The summed E-state index contributed by atoms with van der Waals surface area (Å²) in [6, 6.07) is 7.37. The van der Waals surface area contributed by atoms with Crippen molar-refractivity contribution in [3.05, 3.63) is 35.6 Å². The second-order valence-electron chi connectivity index (χ2n) is 4.87. The van der Waals surface area contributed by atoms with Crippen LogP contribution >= 0.6 is 0 Å². The molecule has 0 aliphatic heterocycles. The third-order valence-electron chi connectivity index (χ3n) is 3.11. The lowest BCUT2D eigenvalue weighted by atomic mass is 9.87. The number of hydrogen-bond acceptors (Lipinski definition) is 1. The molecule has 0 heterocycles. The third-order valence-corrected chi connectivity index (χ3v) is 3.11. The fraction of sp³-hybridized carbons (Fsp3) is 0.571. The van der Waals surface area contributed by atoms with Crippen LogP contribution in [0, 0.1) is 17.7 Å². The summed E-state index contributed by atoms with van der Waals surface area (Å²) < 4.78 is 13.0. The van der Waals surface area contributed by atoms with E-state index in [1.807, 2.05) is 13.1 Å². The van der Waals surface area contributed by atoms with Gasteiger partial charge in [-0.25, -0.2) is 4.39 Å². The second-order valence-corrected chi connectivity index (χ2v) is 4.87. The molecule has 1 nitrogen and oxygen atoms in total. The second kappa shape index (κ2) is 6.00. The van der Waals surface area contributed by atoms with Crippen molar-refractivity contribution < 1.29 is 4.39 Å². The van der Waals surface area contributed by atoms with Crippen LogP contribution in [-0.4, -0.2) is 13.1 Å². The summed E-state index contributed by atoms with van der Waals surface area (Å²) in [4.78, 5) is 0. The maximum atomic E-state index is 13.0. The van der Waals surface area contributed by atoms with Gasteiger partial charge in [0.15, 0.2) is 0 Å². The minimum atomic E-state index is -0.143. The Labute approximate surface area is 98.1 Å². The maximum absolute atomic E-state index is 13.0. The number of benzene rings is 1. The van der Waals surface area contributed by atoms with E-state index in [9.17, 15) is 4.39 Å². The fourth-order valence-corrected chi connectivity index (χ4v) is 2.44. The van der Waals surface area contributed by atoms with Crippen LogP contribution in [0.5, 0.6) is 0 Å². The lowest BCUT2D eigenvalue weighted by Gasteiger charge is -2.27. The van der Waals surface area contributed by atoms with Crippen LogP contribution in [0.3, 0.4) is 0 Å². The normalized spacial score (nSPS) is 15.1. The minimum Gasteiger partial charge on any atom is -0.316 e. The zero-order valence-electron chi connectivity index (χ0n) is 10.6. The highest BCUT2D eigenvalue weighted by Crippen LogP contribution is 2.18. The molecule has 0 aliphatic carbocycles. The first-order chi connectivity index (χ1) is 7.54. The molecule has 1 rings (SSSR count). The Balaban J connectivity index is 2.66. The summed E-state index contributed by atoms with van der Waals surface area (Å²) in [5, 5.41) is 3.34. The summed E-state index contributed by atoms with van der Waals surface area (Å²) in [6.07, 6.45) is 0.918. The quantitative estimate of drug-likeness (QED) is 0.808. The first kappa shape index (κ1) is 13.2. The van der Waals surface area contributed by atoms with Gasteiger partial charge in [0, 0.05) is 6.04 Å². The number of halogens is 1. The summed E-state index contributed by atoms with van der Waals surface area (Å²) >= 11 is 0. The molecule has 1 aromatic carbocycles. The van der Waals surface area contributed by atoms with Gasteiger partial charge in [-0.05, 0) is 43.0 Å². The zero-order valence-corrected chi connectivity index (χ0v) is 10.6. The van der Waals surface area contributed by atoms with E-state index in [4.69, 9.17) is 0 Å². The van der Waals surface area contributed by atoms with Crippen LogP contribution in [0.25, 0.3) is 0 Å². The monoisotopic (exact) mass is 223 g/mol. The van der Waals surface area contributed by atoms with Gasteiger partial charge < -0.3 is 5.32 Å². The maximum Gasteiger partial charge on any atom is 0.123 e. The molecule has 0 radical (unpaired) electrons.